The van der Waals surface area contributed by atoms with E-state index < -0.39 is 11.8 Å². The molecule has 1 aliphatic heterocycles. The van der Waals surface area contributed by atoms with Crippen LogP contribution in [0.1, 0.15) is 11.1 Å². The zero-order valence-corrected chi connectivity index (χ0v) is 20.3. The summed E-state index contributed by atoms with van der Waals surface area (Å²) in [7, 11) is 1.49. The largest absolute Gasteiger partial charge is 0.493 e. The monoisotopic (exact) mass is 540 g/mol. The van der Waals surface area contributed by atoms with E-state index in [0.29, 0.717) is 22.7 Å². The fourth-order valence-corrected chi connectivity index (χ4v) is 3.83. The van der Waals surface area contributed by atoms with Gasteiger partial charge in [-0.15, -0.1) is 0 Å². The second-order valence-corrected chi connectivity index (χ2v) is 8.56. The highest BCUT2D eigenvalue weighted by Gasteiger charge is 2.34. The Hall–Kier alpha value is -3.56. The summed E-state index contributed by atoms with van der Waals surface area (Å²) < 4.78 is 25.2. The van der Waals surface area contributed by atoms with Gasteiger partial charge in [-0.3, -0.25) is 19.8 Å². The van der Waals surface area contributed by atoms with Gasteiger partial charge in [0.25, 0.3) is 11.8 Å². The van der Waals surface area contributed by atoms with E-state index in [2.05, 4.69) is 21.2 Å². The van der Waals surface area contributed by atoms with E-state index in [9.17, 15) is 14.0 Å². The average molecular weight is 541 g/mol. The molecule has 4 rings (SSSR count). The minimum atomic E-state index is -0.584. The number of methoxy groups -OCH3 is 1. The molecule has 0 aromatic heterocycles. The van der Waals surface area contributed by atoms with Crippen molar-refractivity contribution in [2.24, 2.45) is 0 Å². The van der Waals surface area contributed by atoms with Gasteiger partial charge in [-0.25, -0.2) is 4.39 Å². The van der Waals surface area contributed by atoms with Crippen LogP contribution >= 0.6 is 28.1 Å². The first-order valence-electron chi connectivity index (χ1n) is 10.1. The van der Waals surface area contributed by atoms with Crippen LogP contribution in [0.5, 0.6) is 11.5 Å². The van der Waals surface area contributed by atoms with E-state index in [1.54, 1.807) is 54.6 Å². The molecule has 0 aliphatic carbocycles. The predicted octanol–water partition coefficient (Wildman–Crippen LogP) is 5.01. The Bertz CT molecular complexity index is 1290. The lowest BCUT2D eigenvalue weighted by Crippen LogP contribution is -2.54. The highest BCUT2D eigenvalue weighted by atomic mass is 79.9. The summed E-state index contributed by atoms with van der Waals surface area (Å²) in [5.41, 5.74) is 1.82. The molecule has 0 atom stereocenters. The third kappa shape index (κ3) is 5.16. The number of rotatable bonds is 6. The summed E-state index contributed by atoms with van der Waals surface area (Å²) in [6, 6.07) is 18.0. The third-order valence-electron chi connectivity index (χ3n) is 4.99. The number of benzene rings is 3. The van der Waals surface area contributed by atoms with Gasteiger partial charge in [0.15, 0.2) is 16.6 Å². The maximum absolute atomic E-state index is 13.2. The number of halogens is 2. The van der Waals surface area contributed by atoms with Crippen molar-refractivity contribution < 1.29 is 23.5 Å². The lowest BCUT2D eigenvalue weighted by molar-refractivity contribution is -0.122. The Kier molecular flexibility index (Phi) is 7.04. The molecule has 0 unspecified atom stereocenters. The Morgan fingerprint density at radius 1 is 1.03 bits per heavy atom. The van der Waals surface area contributed by atoms with Crippen LogP contribution in [0.4, 0.5) is 10.1 Å². The van der Waals surface area contributed by atoms with Crippen molar-refractivity contribution in [1.29, 1.82) is 0 Å². The zero-order valence-electron chi connectivity index (χ0n) is 17.9. The molecule has 0 radical (unpaired) electrons. The molecule has 1 fully saturated rings. The molecule has 0 saturated carbocycles. The van der Waals surface area contributed by atoms with Crippen molar-refractivity contribution in [2.75, 3.05) is 12.0 Å². The number of hydrogen-bond donors (Lipinski definition) is 1. The molecule has 9 heteroatoms. The Morgan fingerprint density at radius 3 is 2.41 bits per heavy atom. The zero-order chi connectivity index (χ0) is 24.2. The van der Waals surface area contributed by atoms with Gasteiger partial charge < -0.3 is 9.47 Å². The molecular weight excluding hydrogens is 523 g/mol. The smallest absolute Gasteiger partial charge is 0.270 e. The van der Waals surface area contributed by atoms with E-state index in [1.807, 2.05) is 0 Å². The van der Waals surface area contributed by atoms with Crippen molar-refractivity contribution >= 4 is 56.8 Å². The molecule has 3 aromatic carbocycles. The highest BCUT2D eigenvalue weighted by Crippen LogP contribution is 2.31. The van der Waals surface area contributed by atoms with Gasteiger partial charge in [-0.05, 0) is 78.0 Å². The third-order valence-corrected chi connectivity index (χ3v) is 5.81. The lowest BCUT2D eigenvalue weighted by atomic mass is 10.1. The number of nitrogens with zero attached hydrogens (tertiary/aromatic N) is 1. The number of anilines is 1. The van der Waals surface area contributed by atoms with Crippen molar-refractivity contribution in [2.45, 2.75) is 6.61 Å². The van der Waals surface area contributed by atoms with E-state index in [1.165, 1.54) is 30.2 Å². The molecule has 6 nitrogen and oxygen atoms in total. The van der Waals surface area contributed by atoms with Crippen molar-refractivity contribution in [3.63, 3.8) is 0 Å². The number of carbonyl (C=O) groups is 2. The standard InChI is InChI=1S/C25H18BrFN2O4S/c1-32-22-13-16(4-11-21(22)33-14-15-2-7-18(27)8-3-15)12-20-23(30)28-25(34)29(24(20)31)19-9-5-17(26)6-10-19/h2-13H,14H2,1H3,(H,28,30,34)/b20-12+. The number of nitrogens with one attached hydrogen (secondary N) is 1. The number of hydrogen-bond acceptors (Lipinski definition) is 5. The molecule has 2 amide bonds. The molecule has 0 bridgehead atoms. The van der Waals surface area contributed by atoms with E-state index >= 15 is 0 Å². The predicted molar refractivity (Wildman–Crippen MR) is 134 cm³/mol. The molecule has 0 spiro atoms. The summed E-state index contributed by atoms with van der Waals surface area (Å²) in [5.74, 6) is -0.559. The minimum Gasteiger partial charge on any atom is -0.493 e. The van der Waals surface area contributed by atoms with Crippen LogP contribution in [0.3, 0.4) is 0 Å². The van der Waals surface area contributed by atoms with Gasteiger partial charge in [0.05, 0.1) is 12.8 Å². The Morgan fingerprint density at radius 2 is 1.74 bits per heavy atom. The Labute approximate surface area is 209 Å². The van der Waals surface area contributed by atoms with Crippen molar-refractivity contribution in [3.05, 3.63) is 93.7 Å². The first kappa shape index (κ1) is 23.6. The fourth-order valence-electron chi connectivity index (χ4n) is 3.28. The number of carbonyl (C=O) groups excluding carboxylic acids is 2. The SMILES string of the molecule is COc1cc(/C=C2\C(=O)NC(=S)N(c3ccc(Br)cc3)C2=O)ccc1OCc1ccc(F)cc1. The van der Waals surface area contributed by atoms with E-state index in [4.69, 9.17) is 21.7 Å². The van der Waals surface area contributed by atoms with Gasteiger partial charge in [-0.2, -0.15) is 0 Å². The quantitative estimate of drug-likeness (QED) is 0.270. The van der Waals surface area contributed by atoms with Gasteiger partial charge in [0.1, 0.15) is 18.0 Å². The second kappa shape index (κ2) is 10.1. The molecule has 1 saturated heterocycles. The molecule has 172 valence electrons. The summed E-state index contributed by atoms with van der Waals surface area (Å²) >= 11 is 8.58. The van der Waals surface area contributed by atoms with Crippen LogP contribution in [-0.2, 0) is 16.2 Å². The molecule has 1 aliphatic rings. The van der Waals surface area contributed by atoms with Gasteiger partial charge in [-0.1, -0.05) is 34.1 Å². The summed E-state index contributed by atoms with van der Waals surface area (Å²) in [5, 5.41) is 2.57. The van der Waals surface area contributed by atoms with Crippen LogP contribution in [0.15, 0.2) is 76.8 Å². The first-order valence-corrected chi connectivity index (χ1v) is 11.3. The maximum Gasteiger partial charge on any atom is 0.270 e. The Balaban J connectivity index is 1.58. The normalized spacial score (nSPS) is 14.9. The maximum atomic E-state index is 13.2. The number of amides is 2. The van der Waals surface area contributed by atoms with Gasteiger partial charge in [0, 0.05) is 4.47 Å². The van der Waals surface area contributed by atoms with Crippen LogP contribution in [0, 0.1) is 5.82 Å². The molecule has 1 heterocycles. The second-order valence-electron chi connectivity index (χ2n) is 7.26. The van der Waals surface area contributed by atoms with Crippen LogP contribution in [0.25, 0.3) is 6.08 Å². The number of ether oxygens (including phenoxy) is 2. The summed E-state index contributed by atoms with van der Waals surface area (Å²) in [6.07, 6.45) is 1.47. The first-order chi connectivity index (χ1) is 16.4. The van der Waals surface area contributed by atoms with Crippen molar-refractivity contribution in [1.82, 2.24) is 5.32 Å². The highest BCUT2D eigenvalue weighted by molar-refractivity contribution is 9.10. The summed E-state index contributed by atoms with van der Waals surface area (Å²) in [4.78, 5) is 27.0. The van der Waals surface area contributed by atoms with Crippen LogP contribution in [-0.4, -0.2) is 24.0 Å². The average Bonchev–Trinajstić information content (AvgIpc) is 2.83. The topological polar surface area (TPSA) is 67.9 Å². The fraction of sp³-hybridized carbons (Fsp3) is 0.0800. The summed E-state index contributed by atoms with van der Waals surface area (Å²) in [6.45, 7) is 0.220. The minimum absolute atomic E-state index is 0.0107. The van der Waals surface area contributed by atoms with E-state index in [-0.39, 0.29) is 23.1 Å². The molecule has 1 N–H and O–H groups in total. The van der Waals surface area contributed by atoms with E-state index in [0.717, 1.165) is 10.0 Å². The van der Waals surface area contributed by atoms with Crippen LogP contribution in [0.2, 0.25) is 0 Å². The van der Waals surface area contributed by atoms with Gasteiger partial charge in [0.2, 0.25) is 0 Å². The van der Waals surface area contributed by atoms with Crippen LogP contribution < -0.4 is 19.7 Å². The van der Waals surface area contributed by atoms with Crippen molar-refractivity contribution in [3.8, 4) is 11.5 Å². The molecule has 34 heavy (non-hydrogen) atoms. The lowest BCUT2D eigenvalue weighted by Gasteiger charge is -2.29. The molecule has 3 aromatic rings. The van der Waals surface area contributed by atoms with Gasteiger partial charge >= 0.3 is 0 Å². The molecular formula is C25H18BrFN2O4S. The number of thiocarbonyl (C=S) groups is 1.